The Morgan fingerprint density at radius 2 is 1.43 bits per heavy atom. The van der Waals surface area contributed by atoms with E-state index in [4.69, 9.17) is 9.47 Å². The smallest absolute Gasteiger partial charge is 0.342 e. The van der Waals surface area contributed by atoms with Gasteiger partial charge in [-0.05, 0) is 67.2 Å². The van der Waals surface area contributed by atoms with Gasteiger partial charge in [0, 0.05) is 18.8 Å². The minimum atomic E-state index is -4.02. The van der Waals surface area contributed by atoms with Crippen molar-refractivity contribution in [2.45, 2.75) is 52.2 Å². The van der Waals surface area contributed by atoms with E-state index in [1.807, 2.05) is 98.8 Å². The second-order valence-corrected chi connectivity index (χ2v) is 14.3. The van der Waals surface area contributed by atoms with E-state index in [1.54, 1.807) is 44.2 Å². The van der Waals surface area contributed by atoms with Gasteiger partial charge in [-0.15, -0.1) is 0 Å². The van der Waals surface area contributed by atoms with Crippen molar-refractivity contribution in [3.05, 3.63) is 161 Å². The number of allylic oxidation sites excluding steroid dienone is 3. The fraction of sp³-hybridized carbons (Fsp3) is 0.238. The van der Waals surface area contributed by atoms with Crippen molar-refractivity contribution >= 4 is 27.6 Å². The van der Waals surface area contributed by atoms with Crippen LogP contribution in [0.15, 0.2) is 132 Å². The number of benzene rings is 4. The first kappa shape index (κ1) is 38.6. The molecule has 4 rings (SSSR count). The number of rotatable bonds is 16. The van der Waals surface area contributed by atoms with Crippen LogP contribution in [0.5, 0.6) is 5.75 Å². The molecule has 0 aromatic heterocycles. The van der Waals surface area contributed by atoms with E-state index in [0.717, 1.165) is 33.0 Å². The maximum atomic E-state index is 14.2. The molecule has 4 aromatic carbocycles. The van der Waals surface area contributed by atoms with Crippen molar-refractivity contribution in [3.63, 3.8) is 0 Å². The molecule has 51 heavy (non-hydrogen) atoms. The summed E-state index contributed by atoms with van der Waals surface area (Å²) >= 11 is 0. The van der Waals surface area contributed by atoms with E-state index in [1.165, 1.54) is 11.9 Å². The van der Waals surface area contributed by atoms with Crippen molar-refractivity contribution < 1.29 is 27.5 Å². The number of carbonyl (C=O) groups excluding carboxylic acids is 2. The number of hydrogen-bond acceptors (Lipinski definition) is 6. The van der Waals surface area contributed by atoms with Crippen LogP contribution in [-0.2, 0) is 32.8 Å². The number of nitrogens with zero attached hydrogens (tertiary/aromatic N) is 2. The Balaban J connectivity index is 1.73. The Hall–Kier alpha value is -5.25. The zero-order chi connectivity index (χ0) is 37.0. The van der Waals surface area contributed by atoms with Crippen molar-refractivity contribution in [1.82, 2.24) is 4.31 Å². The minimum Gasteiger partial charge on any atom is -0.488 e. The monoisotopic (exact) mass is 706 g/mol. The number of esters is 1. The molecule has 9 heteroatoms. The molecule has 4 aromatic rings. The Bertz CT molecular complexity index is 1980. The number of sulfonamides is 1. The highest BCUT2D eigenvalue weighted by Crippen LogP contribution is 2.30. The standard InChI is InChI=1S/C42H46N2O6S/c1-7-9-17-34(16-8-2)27-44(40(45)28-43(6)51(47,48)41-32(4)24-31(3)25-33(41)5)37-22-23-38(42(46)50-30-36-20-14-11-15-21-36)39(26-37)49-29-35-18-12-10-13-19-35/h8-26H,2,7,27-30H2,1,3-6H3. The average molecular weight is 707 g/mol. The molecule has 8 nitrogen and oxygen atoms in total. The molecule has 0 fully saturated rings. The minimum absolute atomic E-state index is 0.0738. The van der Waals surface area contributed by atoms with Gasteiger partial charge in [0.05, 0.1) is 18.0 Å². The number of carbonyl (C=O) groups is 2. The van der Waals surface area contributed by atoms with E-state index in [9.17, 15) is 18.0 Å². The molecule has 0 spiro atoms. The van der Waals surface area contributed by atoms with E-state index in [0.29, 0.717) is 16.8 Å². The van der Waals surface area contributed by atoms with Crippen molar-refractivity contribution in [3.8, 4) is 5.75 Å². The first-order valence-corrected chi connectivity index (χ1v) is 18.2. The van der Waals surface area contributed by atoms with Crippen LogP contribution < -0.4 is 9.64 Å². The van der Waals surface area contributed by atoms with E-state index in [-0.39, 0.29) is 36.0 Å². The van der Waals surface area contributed by atoms with Crippen molar-refractivity contribution in [2.75, 3.05) is 25.0 Å². The van der Waals surface area contributed by atoms with Gasteiger partial charge in [-0.3, -0.25) is 4.79 Å². The molecule has 0 saturated heterocycles. The van der Waals surface area contributed by atoms with Crippen LogP contribution in [0.25, 0.3) is 0 Å². The highest BCUT2D eigenvalue weighted by atomic mass is 32.2. The third kappa shape index (κ3) is 10.4. The van der Waals surface area contributed by atoms with Gasteiger partial charge in [0.2, 0.25) is 15.9 Å². The fourth-order valence-electron chi connectivity index (χ4n) is 5.68. The molecule has 0 bridgehead atoms. The summed E-state index contributed by atoms with van der Waals surface area (Å²) in [7, 11) is -2.62. The highest BCUT2D eigenvalue weighted by Gasteiger charge is 2.29. The van der Waals surface area contributed by atoms with Gasteiger partial charge >= 0.3 is 5.97 Å². The predicted octanol–water partition coefficient (Wildman–Crippen LogP) is 8.28. The molecule has 0 aliphatic heterocycles. The second kappa shape index (κ2) is 18.1. The summed E-state index contributed by atoms with van der Waals surface area (Å²) in [5.74, 6) is -0.839. The van der Waals surface area contributed by atoms with Crippen LogP contribution in [0.2, 0.25) is 0 Å². The van der Waals surface area contributed by atoms with E-state index < -0.39 is 28.4 Å². The van der Waals surface area contributed by atoms with E-state index >= 15 is 0 Å². The number of anilines is 1. The van der Waals surface area contributed by atoms with Crippen molar-refractivity contribution in [1.29, 1.82) is 0 Å². The summed E-state index contributed by atoms with van der Waals surface area (Å²) in [5, 5.41) is 0. The normalized spacial score (nSPS) is 11.8. The van der Waals surface area contributed by atoms with E-state index in [2.05, 4.69) is 6.58 Å². The van der Waals surface area contributed by atoms with Gasteiger partial charge in [0.1, 0.15) is 24.5 Å². The quantitative estimate of drug-likeness (QED) is 0.0860. The summed E-state index contributed by atoms with van der Waals surface area (Å²) in [5.41, 5.74) is 5.27. The SMILES string of the molecule is C=CC=C(C=CCC)CN(C(=O)CN(C)S(=O)(=O)c1c(C)cc(C)cc1C)c1ccc(C(=O)OCc2ccccc2)c(OCc2ccccc2)c1. The third-order valence-electron chi connectivity index (χ3n) is 8.12. The largest absolute Gasteiger partial charge is 0.488 e. The molecule has 1 amide bonds. The lowest BCUT2D eigenvalue weighted by Crippen LogP contribution is -2.42. The molecule has 0 N–H and O–H groups in total. The number of ether oxygens (including phenoxy) is 2. The molecule has 0 aliphatic carbocycles. The van der Waals surface area contributed by atoms with Crippen LogP contribution >= 0.6 is 0 Å². The number of likely N-dealkylation sites (N-methyl/N-ethyl adjacent to an activating group) is 1. The Morgan fingerprint density at radius 3 is 2.02 bits per heavy atom. The zero-order valence-electron chi connectivity index (χ0n) is 30.0. The predicted molar refractivity (Wildman–Crippen MR) is 203 cm³/mol. The lowest BCUT2D eigenvalue weighted by atomic mass is 10.1. The van der Waals surface area contributed by atoms with Crippen LogP contribution in [0.1, 0.15) is 51.5 Å². The van der Waals surface area contributed by atoms with Gasteiger partial charge in [0.25, 0.3) is 0 Å². The molecular formula is C42H46N2O6S. The van der Waals surface area contributed by atoms with Gasteiger partial charge in [-0.2, -0.15) is 4.31 Å². The van der Waals surface area contributed by atoms with Crippen LogP contribution in [0.3, 0.4) is 0 Å². The first-order chi connectivity index (χ1) is 24.4. The lowest BCUT2D eigenvalue weighted by molar-refractivity contribution is -0.118. The van der Waals surface area contributed by atoms with Gasteiger partial charge in [-0.25, -0.2) is 13.2 Å². The average Bonchev–Trinajstić information content (AvgIpc) is 3.11. The fourth-order valence-corrected chi connectivity index (χ4v) is 7.20. The van der Waals surface area contributed by atoms with Gasteiger partial charge in [-0.1, -0.05) is 116 Å². The third-order valence-corrected chi connectivity index (χ3v) is 10.2. The van der Waals surface area contributed by atoms with Crippen LogP contribution in [0, 0.1) is 20.8 Å². The Labute approximate surface area is 302 Å². The lowest BCUT2D eigenvalue weighted by Gasteiger charge is -2.27. The maximum Gasteiger partial charge on any atom is 0.342 e. The summed E-state index contributed by atoms with van der Waals surface area (Å²) in [4.78, 5) is 29.4. The van der Waals surface area contributed by atoms with Gasteiger partial charge < -0.3 is 14.4 Å². The number of hydrogen-bond donors (Lipinski definition) is 0. The van der Waals surface area contributed by atoms with Crippen LogP contribution in [0.4, 0.5) is 5.69 Å². The number of aryl methyl sites for hydroxylation is 3. The Morgan fingerprint density at radius 1 is 0.824 bits per heavy atom. The molecule has 0 aliphatic rings. The summed E-state index contributed by atoms with van der Waals surface area (Å²) in [6.45, 7) is 11.2. The molecule has 0 heterocycles. The summed E-state index contributed by atoms with van der Waals surface area (Å²) in [6.07, 6.45) is 8.09. The molecule has 0 atom stereocenters. The highest BCUT2D eigenvalue weighted by molar-refractivity contribution is 7.89. The maximum absolute atomic E-state index is 14.2. The summed E-state index contributed by atoms with van der Waals surface area (Å²) in [6, 6.07) is 27.3. The molecular weight excluding hydrogens is 661 g/mol. The molecule has 0 unspecified atom stereocenters. The molecule has 0 radical (unpaired) electrons. The van der Waals surface area contributed by atoms with Crippen LogP contribution in [-0.4, -0.2) is 44.7 Å². The zero-order valence-corrected chi connectivity index (χ0v) is 30.8. The van der Waals surface area contributed by atoms with Crippen molar-refractivity contribution in [2.24, 2.45) is 0 Å². The molecule has 266 valence electrons. The number of amides is 1. The topological polar surface area (TPSA) is 93.2 Å². The summed E-state index contributed by atoms with van der Waals surface area (Å²) < 4.78 is 40.7. The first-order valence-electron chi connectivity index (χ1n) is 16.8. The molecule has 0 saturated carbocycles. The Kier molecular flexibility index (Phi) is 13.7. The van der Waals surface area contributed by atoms with Gasteiger partial charge in [0.15, 0.2) is 0 Å². The second-order valence-electron chi connectivity index (χ2n) is 12.3.